The normalized spacial score (nSPS) is 17.0. The van der Waals surface area contributed by atoms with Crippen molar-refractivity contribution in [3.05, 3.63) is 77.1 Å². The minimum absolute atomic E-state index is 0.0346. The second-order valence-corrected chi connectivity index (χ2v) is 10.6. The second-order valence-electron chi connectivity index (χ2n) is 10.6. The number of carbonyl (C=O) groups is 1. The Bertz CT molecular complexity index is 1690. The molecule has 9 nitrogen and oxygen atoms in total. The molecular weight excluding hydrogens is 608 g/mol. The van der Waals surface area contributed by atoms with Gasteiger partial charge in [-0.15, -0.1) is 13.2 Å². The predicted molar refractivity (Wildman–Crippen MR) is 150 cm³/mol. The van der Waals surface area contributed by atoms with Crippen molar-refractivity contribution in [2.75, 3.05) is 33.4 Å². The number of hydrogen-bond acceptors (Lipinski definition) is 7. The average molecular weight is 638 g/mol. The topological polar surface area (TPSA) is 92.4 Å². The van der Waals surface area contributed by atoms with E-state index in [-0.39, 0.29) is 42.1 Å². The minimum atomic E-state index is -4.88. The molecule has 2 atom stereocenters. The third-order valence-electron chi connectivity index (χ3n) is 7.76. The molecule has 1 N–H and O–H groups in total. The smallest absolute Gasteiger partial charge is 0.497 e. The molecule has 0 aliphatic carbocycles. The van der Waals surface area contributed by atoms with Crippen LogP contribution in [0.2, 0.25) is 0 Å². The molecule has 240 valence electrons. The largest absolute Gasteiger partial charge is 0.573 e. The SMILES string of the molecule is COc1ccc(-c2nc3c(C(=O)N4CCN([C@H](CO)c5cccc(OC(F)(F)F)c5)C[C@H]4C)cnn3c(C(F)(F)F)c2C)cc1. The maximum atomic E-state index is 14.3. The van der Waals surface area contributed by atoms with E-state index in [0.717, 1.165) is 12.3 Å². The molecule has 45 heavy (non-hydrogen) atoms. The third kappa shape index (κ3) is 6.54. The molecule has 1 amide bonds. The van der Waals surface area contributed by atoms with E-state index >= 15 is 0 Å². The van der Waals surface area contributed by atoms with E-state index in [0.29, 0.717) is 21.4 Å². The summed E-state index contributed by atoms with van der Waals surface area (Å²) in [5.41, 5.74) is -0.782. The molecule has 0 unspecified atom stereocenters. The maximum absolute atomic E-state index is 14.3. The van der Waals surface area contributed by atoms with Crippen molar-refractivity contribution >= 4 is 11.6 Å². The summed E-state index contributed by atoms with van der Waals surface area (Å²) in [6.07, 6.45) is -8.62. The van der Waals surface area contributed by atoms with Gasteiger partial charge in [-0.1, -0.05) is 12.1 Å². The molecule has 2 aromatic carbocycles. The number of methoxy groups -OCH3 is 1. The van der Waals surface area contributed by atoms with Gasteiger partial charge in [0.2, 0.25) is 0 Å². The van der Waals surface area contributed by atoms with Gasteiger partial charge in [-0.05, 0) is 55.8 Å². The number of fused-ring (bicyclic) bond motifs is 1. The molecule has 0 spiro atoms. The van der Waals surface area contributed by atoms with Gasteiger partial charge >= 0.3 is 12.5 Å². The Hall–Kier alpha value is -4.37. The summed E-state index contributed by atoms with van der Waals surface area (Å²) in [5, 5.41) is 14.1. The first-order valence-electron chi connectivity index (χ1n) is 13.8. The zero-order valence-corrected chi connectivity index (χ0v) is 24.4. The molecule has 1 aliphatic heterocycles. The van der Waals surface area contributed by atoms with Crippen LogP contribution in [0.25, 0.3) is 16.9 Å². The molecule has 4 aromatic rings. The Morgan fingerprint density at radius 3 is 2.38 bits per heavy atom. The number of rotatable bonds is 7. The lowest BCUT2D eigenvalue weighted by Crippen LogP contribution is -2.55. The number of aliphatic hydroxyl groups is 1. The van der Waals surface area contributed by atoms with Crippen LogP contribution in [0, 0.1) is 6.92 Å². The van der Waals surface area contributed by atoms with E-state index in [9.17, 15) is 36.2 Å². The minimum Gasteiger partial charge on any atom is -0.497 e. The number of halogens is 6. The summed E-state index contributed by atoms with van der Waals surface area (Å²) in [6, 6.07) is 10.5. The standard InChI is InChI=1S/C30H29F6N5O4/c1-17-15-39(24(16-42)20-5-4-6-22(13-20)45-30(34,35)36)11-12-40(17)28(43)23-14-37-41-26(29(31,32)33)18(2)25(38-27(23)41)19-7-9-21(44-3)10-8-19/h4-10,13-14,17,24,42H,11-12,15-16H2,1-3H3/t17-,24-/m1/s1. The van der Waals surface area contributed by atoms with Crippen LogP contribution in [-0.2, 0) is 6.18 Å². The number of benzene rings is 2. The summed E-state index contributed by atoms with van der Waals surface area (Å²) in [5.74, 6) is -0.501. The summed E-state index contributed by atoms with van der Waals surface area (Å²) in [4.78, 5) is 21.6. The zero-order chi connectivity index (χ0) is 32.7. The molecule has 3 heterocycles. The van der Waals surface area contributed by atoms with Crippen molar-refractivity contribution in [1.82, 2.24) is 24.4 Å². The van der Waals surface area contributed by atoms with Crippen molar-refractivity contribution in [3.8, 4) is 22.8 Å². The van der Waals surface area contributed by atoms with E-state index < -0.39 is 48.6 Å². The van der Waals surface area contributed by atoms with E-state index in [1.54, 1.807) is 37.3 Å². The number of aliphatic hydroxyl groups excluding tert-OH is 1. The molecule has 1 aliphatic rings. The van der Waals surface area contributed by atoms with Crippen molar-refractivity contribution in [3.63, 3.8) is 0 Å². The van der Waals surface area contributed by atoms with Gasteiger partial charge in [0.1, 0.15) is 17.1 Å². The molecule has 15 heteroatoms. The highest BCUT2D eigenvalue weighted by atomic mass is 19.4. The molecule has 0 bridgehead atoms. The maximum Gasteiger partial charge on any atom is 0.573 e. The number of hydrogen-bond donors (Lipinski definition) is 1. The van der Waals surface area contributed by atoms with E-state index in [2.05, 4.69) is 14.8 Å². The van der Waals surface area contributed by atoms with Crippen molar-refractivity contribution in [1.29, 1.82) is 0 Å². The molecule has 1 fully saturated rings. The van der Waals surface area contributed by atoms with Gasteiger partial charge in [0.05, 0.1) is 31.6 Å². The Morgan fingerprint density at radius 1 is 1.07 bits per heavy atom. The first-order valence-corrected chi connectivity index (χ1v) is 13.8. The van der Waals surface area contributed by atoms with Crippen molar-refractivity contribution in [2.45, 2.75) is 38.5 Å². The van der Waals surface area contributed by atoms with Gasteiger partial charge in [-0.2, -0.15) is 18.3 Å². The van der Waals surface area contributed by atoms with Crippen LogP contribution in [0.15, 0.2) is 54.7 Å². The highest BCUT2D eigenvalue weighted by Gasteiger charge is 2.40. The van der Waals surface area contributed by atoms with E-state index in [4.69, 9.17) is 4.74 Å². The lowest BCUT2D eigenvalue weighted by Gasteiger charge is -2.43. The molecule has 2 aromatic heterocycles. The number of alkyl halides is 6. The molecule has 5 rings (SSSR count). The Labute approximate surface area is 253 Å². The van der Waals surface area contributed by atoms with E-state index in [1.807, 2.05) is 4.90 Å². The number of amides is 1. The molecule has 0 saturated carbocycles. The summed E-state index contributed by atoms with van der Waals surface area (Å²) in [6.45, 7) is 3.18. The van der Waals surface area contributed by atoms with Crippen LogP contribution < -0.4 is 9.47 Å². The van der Waals surface area contributed by atoms with E-state index in [1.165, 1.54) is 31.1 Å². The fraction of sp³-hybridized carbons (Fsp3) is 0.367. The molecule has 0 radical (unpaired) electrons. The number of piperazine rings is 1. The summed E-state index contributed by atoms with van der Waals surface area (Å²) >= 11 is 0. The lowest BCUT2D eigenvalue weighted by atomic mass is 10.0. The Balaban J connectivity index is 1.44. The first-order chi connectivity index (χ1) is 21.2. The summed E-state index contributed by atoms with van der Waals surface area (Å²) in [7, 11) is 1.46. The van der Waals surface area contributed by atoms with Crippen LogP contribution in [0.1, 0.15) is 40.1 Å². The lowest BCUT2D eigenvalue weighted by molar-refractivity contribution is -0.274. The van der Waals surface area contributed by atoms with Crippen LogP contribution in [0.5, 0.6) is 11.5 Å². The monoisotopic (exact) mass is 637 g/mol. The van der Waals surface area contributed by atoms with Gasteiger partial charge in [-0.25, -0.2) is 9.50 Å². The van der Waals surface area contributed by atoms with Crippen molar-refractivity contribution < 1.29 is 45.7 Å². The number of nitrogens with zero attached hydrogens (tertiary/aromatic N) is 5. The van der Waals surface area contributed by atoms with Crippen LogP contribution in [0.4, 0.5) is 26.3 Å². The van der Waals surface area contributed by atoms with Crippen LogP contribution >= 0.6 is 0 Å². The Kier molecular flexibility index (Phi) is 8.68. The average Bonchev–Trinajstić information content (AvgIpc) is 3.39. The third-order valence-corrected chi connectivity index (χ3v) is 7.76. The van der Waals surface area contributed by atoms with Gasteiger partial charge < -0.3 is 19.5 Å². The van der Waals surface area contributed by atoms with Crippen LogP contribution in [0.3, 0.4) is 0 Å². The van der Waals surface area contributed by atoms with Gasteiger partial charge in [0.25, 0.3) is 5.91 Å². The second kappa shape index (κ2) is 12.2. The molecule has 1 saturated heterocycles. The highest BCUT2D eigenvalue weighted by Crippen LogP contribution is 2.37. The zero-order valence-electron chi connectivity index (χ0n) is 24.4. The summed E-state index contributed by atoms with van der Waals surface area (Å²) < 4.78 is 91.0. The first kappa shape index (κ1) is 32.0. The number of carbonyl (C=O) groups excluding carboxylic acids is 1. The highest BCUT2D eigenvalue weighted by molar-refractivity contribution is 6.00. The van der Waals surface area contributed by atoms with Gasteiger partial charge in [-0.3, -0.25) is 9.69 Å². The van der Waals surface area contributed by atoms with Crippen molar-refractivity contribution in [2.24, 2.45) is 0 Å². The predicted octanol–water partition coefficient (Wildman–Crippen LogP) is 5.51. The quantitative estimate of drug-likeness (QED) is 0.267. The van der Waals surface area contributed by atoms with Gasteiger partial charge in [0, 0.05) is 36.8 Å². The number of aromatic nitrogens is 3. The van der Waals surface area contributed by atoms with Crippen LogP contribution in [-0.4, -0.2) is 81.2 Å². The Morgan fingerprint density at radius 2 is 1.78 bits per heavy atom. The molecular formula is C30H29F6N5O4. The fourth-order valence-corrected chi connectivity index (χ4v) is 5.66. The number of ether oxygens (including phenoxy) is 2. The van der Waals surface area contributed by atoms with Gasteiger partial charge in [0.15, 0.2) is 11.3 Å². The fourth-order valence-electron chi connectivity index (χ4n) is 5.66.